The number of nitrogens with one attached hydrogen (secondary N) is 1. The van der Waals surface area contributed by atoms with Gasteiger partial charge in [-0.2, -0.15) is 0 Å². The fourth-order valence-electron chi connectivity index (χ4n) is 2.33. The highest BCUT2D eigenvalue weighted by molar-refractivity contribution is 5.97. The van der Waals surface area contributed by atoms with Gasteiger partial charge in [0.05, 0.1) is 18.0 Å². The first-order valence-electron chi connectivity index (χ1n) is 7.12. The maximum absolute atomic E-state index is 11.7. The summed E-state index contributed by atoms with van der Waals surface area (Å²) in [7, 11) is 0. The van der Waals surface area contributed by atoms with Crippen LogP contribution in [0.1, 0.15) is 26.7 Å². The molecule has 1 fully saturated rings. The first-order chi connectivity index (χ1) is 9.61. The molecular weight excluding hydrogens is 256 g/mol. The van der Waals surface area contributed by atoms with Gasteiger partial charge in [0.25, 0.3) is 5.91 Å². The molecule has 1 amide bonds. The minimum Gasteiger partial charge on any atom is -0.494 e. The molecule has 1 unspecified atom stereocenters. The van der Waals surface area contributed by atoms with E-state index in [4.69, 9.17) is 4.74 Å². The van der Waals surface area contributed by atoms with Crippen molar-refractivity contribution in [2.24, 2.45) is 0 Å². The molecule has 1 aliphatic rings. The Morgan fingerprint density at radius 2 is 2.15 bits per heavy atom. The maximum Gasteiger partial charge on any atom is 0.252 e. The third-order valence-corrected chi connectivity index (χ3v) is 3.36. The lowest BCUT2D eigenvalue weighted by Crippen LogP contribution is -2.26. The molecule has 0 radical (unpaired) electrons. The van der Waals surface area contributed by atoms with E-state index in [0.29, 0.717) is 6.61 Å². The lowest BCUT2D eigenvalue weighted by Gasteiger charge is -2.23. The molecule has 5 nitrogen and oxygen atoms in total. The van der Waals surface area contributed by atoms with E-state index in [2.05, 4.69) is 10.2 Å². The van der Waals surface area contributed by atoms with Gasteiger partial charge < -0.3 is 20.1 Å². The molecule has 0 saturated carbocycles. The van der Waals surface area contributed by atoms with Gasteiger partial charge in [0, 0.05) is 19.2 Å². The van der Waals surface area contributed by atoms with Gasteiger partial charge in [-0.05, 0) is 38.8 Å². The van der Waals surface area contributed by atoms with Crippen LogP contribution in [0.2, 0.25) is 0 Å². The summed E-state index contributed by atoms with van der Waals surface area (Å²) in [6.07, 6.45) is 1.29. The molecule has 0 aliphatic carbocycles. The number of hydrogen-bond donors (Lipinski definition) is 2. The third kappa shape index (κ3) is 3.42. The van der Waals surface area contributed by atoms with Crippen molar-refractivity contribution in [3.05, 3.63) is 18.2 Å². The predicted molar refractivity (Wildman–Crippen MR) is 79.4 cm³/mol. The predicted octanol–water partition coefficient (Wildman–Crippen LogP) is 2.00. The van der Waals surface area contributed by atoms with Gasteiger partial charge in [-0.1, -0.05) is 0 Å². The van der Waals surface area contributed by atoms with Crippen LogP contribution >= 0.6 is 0 Å². The van der Waals surface area contributed by atoms with Gasteiger partial charge in [-0.3, -0.25) is 4.79 Å². The Bertz CT molecular complexity index is 468. The Balaban J connectivity index is 2.26. The summed E-state index contributed by atoms with van der Waals surface area (Å²) in [4.78, 5) is 13.9. The number of anilines is 2. The highest BCUT2D eigenvalue weighted by atomic mass is 16.5. The summed E-state index contributed by atoms with van der Waals surface area (Å²) in [5.41, 5.74) is 1.68. The fraction of sp³-hybridized carbons (Fsp3) is 0.533. The van der Waals surface area contributed by atoms with E-state index in [1.807, 2.05) is 25.1 Å². The molecule has 1 aliphatic heterocycles. The topological polar surface area (TPSA) is 61.8 Å². The number of aliphatic hydroxyl groups excluding tert-OH is 1. The minimum absolute atomic E-state index is 0.394. The van der Waals surface area contributed by atoms with Gasteiger partial charge in [0.1, 0.15) is 11.9 Å². The van der Waals surface area contributed by atoms with Crippen molar-refractivity contribution in [1.82, 2.24) is 0 Å². The van der Waals surface area contributed by atoms with E-state index in [0.717, 1.165) is 43.1 Å². The van der Waals surface area contributed by atoms with E-state index < -0.39 is 12.0 Å². The molecule has 20 heavy (non-hydrogen) atoms. The van der Waals surface area contributed by atoms with Crippen LogP contribution in [-0.2, 0) is 4.79 Å². The lowest BCUT2D eigenvalue weighted by molar-refractivity contribution is -0.123. The molecule has 1 saturated heterocycles. The second-order valence-electron chi connectivity index (χ2n) is 4.97. The van der Waals surface area contributed by atoms with E-state index in [1.165, 1.54) is 6.92 Å². The van der Waals surface area contributed by atoms with Gasteiger partial charge in [0.2, 0.25) is 0 Å². The zero-order chi connectivity index (χ0) is 14.5. The lowest BCUT2D eigenvalue weighted by atomic mass is 10.2. The molecule has 1 aromatic carbocycles. The largest absolute Gasteiger partial charge is 0.494 e. The molecule has 2 rings (SSSR count). The van der Waals surface area contributed by atoms with Crippen LogP contribution in [0.15, 0.2) is 18.2 Å². The number of carbonyl (C=O) groups excluding carboxylic acids is 1. The minimum atomic E-state index is -1.02. The first-order valence-corrected chi connectivity index (χ1v) is 7.12. The Kier molecular flexibility index (Phi) is 4.84. The monoisotopic (exact) mass is 278 g/mol. The number of hydrogen-bond acceptors (Lipinski definition) is 4. The van der Waals surface area contributed by atoms with Crippen LogP contribution in [0.4, 0.5) is 11.4 Å². The molecule has 0 aromatic heterocycles. The molecule has 1 atom stereocenters. The van der Waals surface area contributed by atoms with Crippen LogP contribution < -0.4 is 15.0 Å². The van der Waals surface area contributed by atoms with Crippen molar-refractivity contribution in [2.75, 3.05) is 29.9 Å². The zero-order valence-corrected chi connectivity index (χ0v) is 12.1. The Hall–Kier alpha value is -1.75. The third-order valence-electron chi connectivity index (χ3n) is 3.36. The molecular formula is C15H22N2O3. The summed E-state index contributed by atoms with van der Waals surface area (Å²) in [6.45, 7) is 5.97. The quantitative estimate of drug-likeness (QED) is 0.865. The highest BCUT2D eigenvalue weighted by Crippen LogP contribution is 2.33. The van der Waals surface area contributed by atoms with Crippen molar-refractivity contribution >= 4 is 17.3 Å². The number of nitrogens with zero attached hydrogens (tertiary/aromatic N) is 1. The van der Waals surface area contributed by atoms with Crippen molar-refractivity contribution < 1.29 is 14.6 Å². The maximum atomic E-state index is 11.7. The van der Waals surface area contributed by atoms with E-state index in [1.54, 1.807) is 0 Å². The number of rotatable bonds is 5. The van der Waals surface area contributed by atoms with Crippen molar-refractivity contribution in [3.63, 3.8) is 0 Å². The highest BCUT2D eigenvalue weighted by Gasteiger charge is 2.19. The van der Waals surface area contributed by atoms with Gasteiger partial charge in [0.15, 0.2) is 0 Å². The Morgan fingerprint density at radius 1 is 1.45 bits per heavy atom. The Labute approximate surface area is 119 Å². The van der Waals surface area contributed by atoms with Crippen LogP contribution in [0, 0.1) is 0 Å². The SMILES string of the molecule is CCOc1ccc(NC(=O)C(C)O)c(N2CCCC2)c1. The van der Waals surface area contributed by atoms with Gasteiger partial charge >= 0.3 is 0 Å². The van der Waals surface area contributed by atoms with Crippen LogP contribution in [0.5, 0.6) is 5.75 Å². The molecule has 1 heterocycles. The average Bonchev–Trinajstić information content (AvgIpc) is 2.94. The Morgan fingerprint density at radius 3 is 2.75 bits per heavy atom. The molecule has 110 valence electrons. The number of aliphatic hydroxyl groups is 1. The summed E-state index contributed by atoms with van der Waals surface area (Å²) in [5.74, 6) is 0.402. The first kappa shape index (κ1) is 14.7. The molecule has 0 bridgehead atoms. The summed E-state index contributed by atoms with van der Waals surface area (Å²) < 4.78 is 5.52. The normalized spacial score (nSPS) is 16.1. The second kappa shape index (κ2) is 6.61. The summed E-state index contributed by atoms with van der Waals surface area (Å²) >= 11 is 0. The number of benzene rings is 1. The molecule has 1 aromatic rings. The van der Waals surface area contributed by atoms with E-state index in [9.17, 15) is 9.90 Å². The second-order valence-corrected chi connectivity index (χ2v) is 4.97. The number of ether oxygens (including phenoxy) is 1. The van der Waals surface area contributed by atoms with Crippen LogP contribution in [-0.4, -0.2) is 36.8 Å². The standard InChI is InChI=1S/C15H22N2O3/c1-3-20-12-6-7-13(16-15(19)11(2)18)14(10-12)17-8-4-5-9-17/h6-7,10-11,18H,3-5,8-9H2,1-2H3,(H,16,19). The van der Waals surface area contributed by atoms with Crippen molar-refractivity contribution in [1.29, 1.82) is 0 Å². The summed E-state index contributed by atoms with van der Waals surface area (Å²) in [6, 6.07) is 5.62. The molecule has 2 N–H and O–H groups in total. The van der Waals surface area contributed by atoms with Gasteiger partial charge in [-0.25, -0.2) is 0 Å². The molecule has 5 heteroatoms. The van der Waals surface area contributed by atoms with E-state index >= 15 is 0 Å². The van der Waals surface area contributed by atoms with Crippen molar-refractivity contribution in [2.45, 2.75) is 32.8 Å². The van der Waals surface area contributed by atoms with E-state index in [-0.39, 0.29) is 0 Å². The fourth-order valence-corrected chi connectivity index (χ4v) is 2.33. The van der Waals surface area contributed by atoms with Crippen molar-refractivity contribution in [3.8, 4) is 5.75 Å². The van der Waals surface area contributed by atoms with Gasteiger partial charge in [-0.15, -0.1) is 0 Å². The van der Waals surface area contributed by atoms with Crippen LogP contribution in [0.25, 0.3) is 0 Å². The smallest absolute Gasteiger partial charge is 0.252 e. The van der Waals surface area contributed by atoms with Crippen LogP contribution in [0.3, 0.4) is 0 Å². The average molecular weight is 278 g/mol. The zero-order valence-electron chi connectivity index (χ0n) is 12.1. The molecule has 0 spiro atoms. The number of carbonyl (C=O) groups is 1. The summed E-state index contributed by atoms with van der Waals surface area (Å²) in [5, 5.41) is 12.1. The number of amides is 1.